The van der Waals surface area contributed by atoms with Gasteiger partial charge in [-0.3, -0.25) is 0 Å². The number of rotatable bonds is 6. The Bertz CT molecular complexity index is 181. The average Bonchev–Trinajstić information content (AvgIpc) is 2.21. The third-order valence-electron chi connectivity index (χ3n) is 3.68. The van der Waals surface area contributed by atoms with E-state index in [-0.39, 0.29) is 5.54 Å². The van der Waals surface area contributed by atoms with Gasteiger partial charge in [0.2, 0.25) is 0 Å². The first-order valence-corrected chi connectivity index (χ1v) is 7.04. The largest absolute Gasteiger partial charge is 0.311 e. The second kappa shape index (κ2) is 6.61. The van der Waals surface area contributed by atoms with E-state index in [1.54, 1.807) is 0 Å². The Morgan fingerprint density at radius 1 is 1.19 bits per heavy atom. The van der Waals surface area contributed by atoms with Crippen LogP contribution in [0.2, 0.25) is 0 Å². The van der Waals surface area contributed by atoms with Crippen molar-refractivity contribution in [2.24, 2.45) is 5.92 Å². The first kappa shape index (κ1) is 14.0. The van der Waals surface area contributed by atoms with E-state index in [1.807, 2.05) is 0 Å². The molecule has 0 aromatic carbocycles. The molecule has 1 fully saturated rings. The molecule has 0 aliphatic carbocycles. The minimum absolute atomic E-state index is 0.270. The number of hydrogen-bond donors (Lipinski definition) is 1. The minimum Gasteiger partial charge on any atom is -0.311 e. The van der Waals surface area contributed by atoms with E-state index in [1.165, 1.54) is 45.3 Å². The summed E-state index contributed by atoms with van der Waals surface area (Å²) in [5.74, 6) is 1.00. The molecule has 0 aromatic rings. The van der Waals surface area contributed by atoms with Crippen LogP contribution in [0.5, 0.6) is 0 Å². The van der Waals surface area contributed by atoms with Crippen LogP contribution in [0.4, 0.5) is 0 Å². The maximum atomic E-state index is 3.56. The van der Waals surface area contributed by atoms with Crippen LogP contribution >= 0.6 is 0 Å². The Balaban J connectivity index is 2.26. The van der Waals surface area contributed by atoms with Gasteiger partial charge in [-0.05, 0) is 52.2 Å². The molecule has 0 spiro atoms. The Kier molecular flexibility index (Phi) is 5.77. The van der Waals surface area contributed by atoms with Gasteiger partial charge in [-0.1, -0.05) is 26.7 Å². The summed E-state index contributed by atoms with van der Waals surface area (Å²) < 4.78 is 0. The topological polar surface area (TPSA) is 15.3 Å². The van der Waals surface area contributed by atoms with Gasteiger partial charge in [0.1, 0.15) is 0 Å². The fourth-order valence-corrected chi connectivity index (χ4v) is 2.93. The molecule has 96 valence electrons. The van der Waals surface area contributed by atoms with Crippen molar-refractivity contribution in [1.29, 1.82) is 0 Å². The fraction of sp³-hybridized carbons (Fsp3) is 1.00. The van der Waals surface area contributed by atoms with Crippen molar-refractivity contribution in [3.05, 3.63) is 0 Å². The summed E-state index contributed by atoms with van der Waals surface area (Å²) in [6.45, 7) is 14.0. The summed E-state index contributed by atoms with van der Waals surface area (Å²) in [5, 5.41) is 3.56. The molecule has 16 heavy (non-hydrogen) atoms. The highest BCUT2D eigenvalue weighted by Gasteiger charge is 2.24. The molecule has 0 atom stereocenters. The molecule has 1 aliphatic rings. The van der Waals surface area contributed by atoms with Crippen LogP contribution in [0, 0.1) is 5.92 Å². The van der Waals surface area contributed by atoms with Crippen molar-refractivity contribution in [3.63, 3.8) is 0 Å². The van der Waals surface area contributed by atoms with Crippen molar-refractivity contribution in [3.8, 4) is 0 Å². The molecular weight excluding hydrogens is 196 g/mol. The lowest BCUT2D eigenvalue weighted by Gasteiger charge is -2.37. The summed E-state index contributed by atoms with van der Waals surface area (Å²) in [6.07, 6.45) is 5.62. The molecule has 1 heterocycles. The highest BCUT2D eigenvalue weighted by Crippen LogP contribution is 2.22. The second-order valence-electron chi connectivity index (χ2n) is 5.92. The average molecular weight is 226 g/mol. The van der Waals surface area contributed by atoms with Crippen molar-refractivity contribution in [2.45, 2.75) is 58.9 Å². The van der Waals surface area contributed by atoms with Gasteiger partial charge >= 0.3 is 0 Å². The van der Waals surface area contributed by atoms with E-state index in [9.17, 15) is 0 Å². The van der Waals surface area contributed by atoms with E-state index in [4.69, 9.17) is 0 Å². The van der Waals surface area contributed by atoms with E-state index < -0.39 is 0 Å². The van der Waals surface area contributed by atoms with Gasteiger partial charge in [0.25, 0.3) is 0 Å². The Labute approximate surface area is 102 Å². The van der Waals surface area contributed by atoms with Gasteiger partial charge in [0.05, 0.1) is 0 Å². The van der Waals surface area contributed by atoms with Crippen molar-refractivity contribution in [2.75, 3.05) is 26.2 Å². The maximum Gasteiger partial charge on any atom is 0.0252 e. The van der Waals surface area contributed by atoms with Gasteiger partial charge in [0.15, 0.2) is 0 Å². The third-order valence-corrected chi connectivity index (χ3v) is 3.68. The maximum absolute atomic E-state index is 3.56. The Morgan fingerprint density at radius 2 is 1.81 bits per heavy atom. The van der Waals surface area contributed by atoms with Crippen LogP contribution < -0.4 is 5.32 Å². The predicted octanol–water partition coefficient (Wildman–Crippen LogP) is 2.89. The molecule has 1 rings (SSSR count). The van der Waals surface area contributed by atoms with Crippen LogP contribution in [0.3, 0.4) is 0 Å². The lowest BCUT2D eigenvalue weighted by Crippen LogP contribution is -2.50. The van der Waals surface area contributed by atoms with Crippen LogP contribution in [-0.2, 0) is 0 Å². The highest BCUT2D eigenvalue weighted by molar-refractivity contribution is 4.83. The first-order valence-electron chi connectivity index (χ1n) is 7.04. The number of hydrogen-bond acceptors (Lipinski definition) is 2. The molecule has 2 heteroatoms. The van der Waals surface area contributed by atoms with Gasteiger partial charge in [-0.25, -0.2) is 0 Å². The Morgan fingerprint density at radius 3 is 2.31 bits per heavy atom. The highest BCUT2D eigenvalue weighted by atomic mass is 15.2. The van der Waals surface area contributed by atoms with Crippen molar-refractivity contribution in [1.82, 2.24) is 10.2 Å². The van der Waals surface area contributed by atoms with Gasteiger partial charge in [-0.15, -0.1) is 0 Å². The number of nitrogens with zero attached hydrogens (tertiary/aromatic N) is 1. The summed E-state index contributed by atoms with van der Waals surface area (Å²) in [4.78, 5) is 2.63. The normalized spacial score (nSPS) is 20.2. The minimum atomic E-state index is 0.270. The van der Waals surface area contributed by atoms with Crippen molar-refractivity contribution < 1.29 is 0 Å². The number of likely N-dealkylation sites (tertiary alicyclic amines) is 1. The summed E-state index contributed by atoms with van der Waals surface area (Å²) >= 11 is 0. The molecule has 0 unspecified atom stereocenters. The van der Waals surface area contributed by atoms with E-state index in [2.05, 4.69) is 37.9 Å². The van der Waals surface area contributed by atoms with Crippen LogP contribution in [0.1, 0.15) is 53.4 Å². The zero-order valence-corrected chi connectivity index (χ0v) is 11.7. The molecule has 0 aromatic heterocycles. The third kappa shape index (κ3) is 4.84. The molecule has 0 radical (unpaired) electrons. The van der Waals surface area contributed by atoms with E-state index in [0.717, 1.165) is 12.5 Å². The SMILES string of the molecule is CCCC1CCN(CC(C)(C)NCC)CC1. The second-order valence-corrected chi connectivity index (χ2v) is 5.92. The zero-order valence-electron chi connectivity index (χ0n) is 11.7. The zero-order chi connectivity index (χ0) is 12.0. The molecule has 0 amide bonds. The summed E-state index contributed by atoms with van der Waals surface area (Å²) in [5.41, 5.74) is 0.270. The molecule has 1 saturated heterocycles. The van der Waals surface area contributed by atoms with Gasteiger partial charge in [0, 0.05) is 12.1 Å². The lowest BCUT2D eigenvalue weighted by atomic mass is 9.91. The molecule has 1 N–H and O–H groups in total. The predicted molar refractivity (Wildman–Crippen MR) is 71.8 cm³/mol. The molecular formula is C14H30N2. The molecule has 1 aliphatic heterocycles. The monoisotopic (exact) mass is 226 g/mol. The quantitative estimate of drug-likeness (QED) is 0.749. The fourth-order valence-electron chi connectivity index (χ4n) is 2.93. The number of piperidine rings is 1. The van der Waals surface area contributed by atoms with Crippen molar-refractivity contribution >= 4 is 0 Å². The molecule has 0 saturated carbocycles. The van der Waals surface area contributed by atoms with E-state index in [0.29, 0.717) is 0 Å². The van der Waals surface area contributed by atoms with Crippen LogP contribution in [-0.4, -0.2) is 36.6 Å². The van der Waals surface area contributed by atoms with Crippen LogP contribution in [0.25, 0.3) is 0 Å². The van der Waals surface area contributed by atoms with Crippen LogP contribution in [0.15, 0.2) is 0 Å². The smallest absolute Gasteiger partial charge is 0.0252 e. The first-order chi connectivity index (χ1) is 7.57. The van der Waals surface area contributed by atoms with Gasteiger partial charge in [-0.2, -0.15) is 0 Å². The number of likely N-dealkylation sites (N-methyl/N-ethyl adjacent to an activating group) is 1. The number of nitrogens with one attached hydrogen (secondary N) is 1. The standard InChI is InChI=1S/C14H30N2/c1-5-7-13-8-10-16(11-9-13)12-14(3,4)15-6-2/h13,15H,5-12H2,1-4H3. The summed E-state index contributed by atoms with van der Waals surface area (Å²) in [7, 11) is 0. The molecule has 2 nitrogen and oxygen atoms in total. The van der Waals surface area contributed by atoms with Gasteiger partial charge < -0.3 is 10.2 Å². The molecule has 0 bridgehead atoms. The lowest BCUT2D eigenvalue weighted by molar-refractivity contribution is 0.141. The van der Waals surface area contributed by atoms with E-state index >= 15 is 0 Å². The Hall–Kier alpha value is -0.0800. The summed E-state index contributed by atoms with van der Waals surface area (Å²) in [6, 6.07) is 0.